The van der Waals surface area contributed by atoms with Gasteiger partial charge >= 0.3 is 0 Å². The molecule has 2 aromatic rings. The molecule has 0 aliphatic carbocycles. The van der Waals surface area contributed by atoms with Crippen molar-refractivity contribution in [3.63, 3.8) is 0 Å². The molecule has 1 aliphatic rings. The van der Waals surface area contributed by atoms with Crippen molar-refractivity contribution in [2.24, 2.45) is 7.05 Å². The topological polar surface area (TPSA) is 71.9 Å². The molecule has 8 nitrogen and oxygen atoms in total. The zero-order chi connectivity index (χ0) is 20.1. The maximum Gasteiger partial charge on any atom is 0.236 e. The number of carbonyl (C=O) groups excluding carboxylic acids is 1. The van der Waals surface area contributed by atoms with Crippen molar-refractivity contribution in [3.05, 3.63) is 42.0 Å². The summed E-state index contributed by atoms with van der Waals surface area (Å²) in [6.45, 7) is 3.35. The fraction of sp³-hybridized carbons (Fsp3) is 0.500. The Bertz CT molecular complexity index is 807. The maximum absolute atomic E-state index is 12.9. The SMILES string of the molecule is COc1ccc(CN(C)C(=O)CN2CCNCC2c2nccn2C)cc1OC. The first kappa shape index (κ1) is 20.2. The zero-order valence-electron chi connectivity index (χ0n) is 17.0. The minimum absolute atomic E-state index is 0.0795. The zero-order valence-corrected chi connectivity index (χ0v) is 17.0. The third-order valence-electron chi connectivity index (χ3n) is 5.14. The van der Waals surface area contributed by atoms with E-state index in [0.29, 0.717) is 24.6 Å². The summed E-state index contributed by atoms with van der Waals surface area (Å²) >= 11 is 0. The minimum atomic E-state index is 0.0795. The van der Waals surface area contributed by atoms with Crippen LogP contribution in [0.1, 0.15) is 17.4 Å². The van der Waals surface area contributed by atoms with E-state index in [2.05, 4.69) is 15.2 Å². The Hall–Kier alpha value is -2.58. The molecule has 28 heavy (non-hydrogen) atoms. The number of benzene rings is 1. The molecule has 1 unspecified atom stereocenters. The third-order valence-corrected chi connectivity index (χ3v) is 5.14. The van der Waals surface area contributed by atoms with E-state index in [0.717, 1.165) is 31.0 Å². The van der Waals surface area contributed by atoms with Crippen molar-refractivity contribution < 1.29 is 14.3 Å². The summed E-state index contributed by atoms with van der Waals surface area (Å²) in [4.78, 5) is 21.3. The van der Waals surface area contributed by atoms with Crippen LogP contribution in [0.5, 0.6) is 11.5 Å². The number of methoxy groups -OCH3 is 2. The van der Waals surface area contributed by atoms with Gasteiger partial charge in [-0.2, -0.15) is 0 Å². The smallest absolute Gasteiger partial charge is 0.236 e. The first-order valence-electron chi connectivity index (χ1n) is 9.40. The number of imidazole rings is 1. The average molecular weight is 387 g/mol. The van der Waals surface area contributed by atoms with Crippen LogP contribution in [0.15, 0.2) is 30.6 Å². The van der Waals surface area contributed by atoms with Crippen LogP contribution in [0, 0.1) is 0 Å². The van der Waals surface area contributed by atoms with Crippen molar-refractivity contribution in [3.8, 4) is 11.5 Å². The normalized spacial score (nSPS) is 17.4. The number of rotatable bonds is 7. The summed E-state index contributed by atoms with van der Waals surface area (Å²) in [7, 11) is 7.04. The van der Waals surface area contributed by atoms with Crippen LogP contribution < -0.4 is 14.8 Å². The molecule has 8 heteroatoms. The van der Waals surface area contributed by atoms with Gasteiger partial charge in [-0.15, -0.1) is 0 Å². The lowest BCUT2D eigenvalue weighted by atomic mass is 10.1. The lowest BCUT2D eigenvalue weighted by Crippen LogP contribution is -2.50. The summed E-state index contributed by atoms with van der Waals surface area (Å²) in [6, 6.07) is 5.81. The average Bonchev–Trinajstić information content (AvgIpc) is 3.13. The van der Waals surface area contributed by atoms with E-state index >= 15 is 0 Å². The molecule has 0 spiro atoms. The van der Waals surface area contributed by atoms with E-state index in [1.165, 1.54) is 0 Å². The van der Waals surface area contributed by atoms with Crippen molar-refractivity contribution >= 4 is 5.91 Å². The molecule has 0 bridgehead atoms. The van der Waals surface area contributed by atoms with E-state index < -0.39 is 0 Å². The fourth-order valence-corrected chi connectivity index (χ4v) is 3.52. The van der Waals surface area contributed by atoms with E-state index in [1.807, 2.05) is 43.1 Å². The first-order chi connectivity index (χ1) is 13.5. The van der Waals surface area contributed by atoms with Gasteiger partial charge in [0.1, 0.15) is 5.82 Å². The number of nitrogens with one attached hydrogen (secondary N) is 1. The molecular weight excluding hydrogens is 358 g/mol. The molecule has 2 heterocycles. The lowest BCUT2D eigenvalue weighted by Gasteiger charge is -2.36. The number of carbonyl (C=O) groups is 1. The van der Waals surface area contributed by atoms with Gasteiger partial charge in [-0.3, -0.25) is 9.69 Å². The van der Waals surface area contributed by atoms with Crippen LogP contribution in [-0.2, 0) is 18.4 Å². The predicted molar refractivity (Wildman–Crippen MR) is 106 cm³/mol. The second-order valence-corrected chi connectivity index (χ2v) is 7.03. The van der Waals surface area contributed by atoms with Crippen LogP contribution >= 0.6 is 0 Å². The van der Waals surface area contributed by atoms with Gasteiger partial charge in [-0.1, -0.05) is 6.07 Å². The van der Waals surface area contributed by atoms with Crippen LogP contribution in [0.25, 0.3) is 0 Å². The standard InChI is InChI=1S/C20H29N5O3/c1-23-9-8-22-20(23)16-12-21-7-10-25(16)14-19(26)24(2)13-15-5-6-17(27-3)18(11-15)28-4/h5-6,8-9,11,16,21H,7,10,12-14H2,1-4H3. The van der Waals surface area contributed by atoms with Crippen LogP contribution in [0.4, 0.5) is 0 Å². The van der Waals surface area contributed by atoms with Gasteiger partial charge in [0.05, 0.1) is 26.8 Å². The Morgan fingerprint density at radius 1 is 1.32 bits per heavy atom. The van der Waals surface area contributed by atoms with Gasteiger partial charge in [0, 0.05) is 52.7 Å². The van der Waals surface area contributed by atoms with E-state index in [4.69, 9.17) is 9.47 Å². The number of aromatic nitrogens is 2. The Kier molecular flexibility index (Phi) is 6.53. The van der Waals surface area contributed by atoms with Crippen LogP contribution in [-0.4, -0.2) is 72.7 Å². The highest BCUT2D eigenvalue weighted by atomic mass is 16.5. The number of amides is 1. The first-order valence-corrected chi connectivity index (χ1v) is 9.40. The monoisotopic (exact) mass is 387 g/mol. The lowest BCUT2D eigenvalue weighted by molar-refractivity contribution is -0.132. The summed E-state index contributed by atoms with van der Waals surface area (Å²) < 4.78 is 12.6. The van der Waals surface area contributed by atoms with Gasteiger partial charge in [-0.25, -0.2) is 4.98 Å². The van der Waals surface area contributed by atoms with Crippen molar-refractivity contribution in [1.29, 1.82) is 0 Å². The van der Waals surface area contributed by atoms with Crippen molar-refractivity contribution in [2.45, 2.75) is 12.6 Å². The summed E-state index contributed by atoms with van der Waals surface area (Å²) in [5.41, 5.74) is 0.995. The number of ether oxygens (including phenoxy) is 2. The second kappa shape index (κ2) is 9.07. The summed E-state index contributed by atoms with van der Waals surface area (Å²) in [5.74, 6) is 2.40. The number of aryl methyl sites for hydroxylation is 1. The Labute approximate surface area is 166 Å². The third kappa shape index (κ3) is 4.45. The number of hydrogen-bond donors (Lipinski definition) is 1. The number of piperazine rings is 1. The van der Waals surface area contributed by atoms with Gasteiger partial charge in [0.25, 0.3) is 0 Å². The van der Waals surface area contributed by atoms with E-state index in [1.54, 1.807) is 25.3 Å². The molecule has 1 fully saturated rings. The Morgan fingerprint density at radius 3 is 2.79 bits per heavy atom. The van der Waals surface area contributed by atoms with Crippen LogP contribution in [0.2, 0.25) is 0 Å². The summed E-state index contributed by atoms with van der Waals surface area (Å²) in [6.07, 6.45) is 3.74. The largest absolute Gasteiger partial charge is 0.493 e. The maximum atomic E-state index is 12.9. The Morgan fingerprint density at radius 2 is 2.11 bits per heavy atom. The fourth-order valence-electron chi connectivity index (χ4n) is 3.52. The quantitative estimate of drug-likeness (QED) is 0.766. The Balaban J connectivity index is 1.65. The number of nitrogens with zero attached hydrogens (tertiary/aromatic N) is 4. The van der Waals surface area contributed by atoms with Crippen molar-refractivity contribution in [2.75, 3.05) is 47.4 Å². The van der Waals surface area contributed by atoms with Gasteiger partial charge in [0.2, 0.25) is 5.91 Å². The molecule has 1 N–H and O–H groups in total. The molecule has 1 saturated heterocycles. The highest BCUT2D eigenvalue weighted by Gasteiger charge is 2.29. The molecule has 0 saturated carbocycles. The van der Waals surface area contributed by atoms with Gasteiger partial charge < -0.3 is 24.3 Å². The predicted octanol–water partition coefficient (Wildman–Crippen LogP) is 1.04. The number of likely N-dealkylation sites (N-methyl/N-ethyl adjacent to an activating group) is 1. The molecule has 1 amide bonds. The molecule has 152 valence electrons. The van der Waals surface area contributed by atoms with Crippen LogP contribution in [0.3, 0.4) is 0 Å². The van der Waals surface area contributed by atoms with Gasteiger partial charge in [0.15, 0.2) is 11.5 Å². The highest BCUT2D eigenvalue weighted by molar-refractivity contribution is 5.78. The molecular formula is C20H29N5O3. The van der Waals surface area contributed by atoms with Gasteiger partial charge in [-0.05, 0) is 17.7 Å². The summed E-state index contributed by atoms with van der Waals surface area (Å²) in [5, 5.41) is 3.40. The molecule has 1 aliphatic heterocycles. The molecule has 0 radical (unpaired) electrons. The van der Waals surface area contributed by atoms with E-state index in [9.17, 15) is 4.79 Å². The molecule has 1 aromatic heterocycles. The number of hydrogen-bond acceptors (Lipinski definition) is 6. The second-order valence-electron chi connectivity index (χ2n) is 7.03. The molecule has 1 aromatic carbocycles. The van der Waals surface area contributed by atoms with E-state index in [-0.39, 0.29) is 11.9 Å². The molecule has 3 rings (SSSR count). The van der Waals surface area contributed by atoms with Crippen molar-refractivity contribution in [1.82, 2.24) is 24.7 Å². The molecule has 1 atom stereocenters. The minimum Gasteiger partial charge on any atom is -0.493 e. The highest BCUT2D eigenvalue weighted by Crippen LogP contribution is 2.28.